The van der Waals surface area contributed by atoms with Crippen LogP contribution in [0.15, 0.2) is 29.4 Å². The van der Waals surface area contributed by atoms with E-state index in [0.717, 1.165) is 31.2 Å². The minimum atomic E-state index is -0.540. The fourth-order valence-corrected chi connectivity index (χ4v) is 2.05. The second-order valence-electron chi connectivity index (χ2n) is 5.61. The number of unbranched alkanes of at least 4 members (excludes halogenated alkanes) is 3. The highest BCUT2D eigenvalue weighted by Gasteiger charge is 2.02. The summed E-state index contributed by atoms with van der Waals surface area (Å²) in [7, 11) is 1.37. The van der Waals surface area contributed by atoms with Crippen molar-refractivity contribution in [3.63, 3.8) is 0 Å². The number of rotatable bonds is 12. The van der Waals surface area contributed by atoms with Crippen LogP contribution in [-0.2, 0) is 19.1 Å². The molecular formula is C18H25N3O5. The van der Waals surface area contributed by atoms with Gasteiger partial charge in [0, 0.05) is 12.8 Å². The van der Waals surface area contributed by atoms with Crippen LogP contribution in [0.1, 0.15) is 44.1 Å². The predicted octanol–water partition coefficient (Wildman–Crippen LogP) is 1.51. The van der Waals surface area contributed by atoms with Gasteiger partial charge in [-0.3, -0.25) is 14.4 Å². The van der Waals surface area contributed by atoms with E-state index in [2.05, 4.69) is 15.3 Å². The van der Waals surface area contributed by atoms with Crippen molar-refractivity contribution in [2.24, 2.45) is 10.8 Å². The summed E-state index contributed by atoms with van der Waals surface area (Å²) in [6.07, 6.45) is 5.59. The van der Waals surface area contributed by atoms with Gasteiger partial charge in [-0.1, -0.05) is 12.8 Å². The first kappa shape index (κ1) is 21.1. The Labute approximate surface area is 152 Å². The van der Waals surface area contributed by atoms with E-state index in [4.69, 9.17) is 10.5 Å². The molecule has 0 aliphatic heterocycles. The van der Waals surface area contributed by atoms with Crippen LogP contribution in [0.3, 0.4) is 0 Å². The Bertz CT molecular complexity index is 614. The minimum absolute atomic E-state index is 0.157. The number of carbonyl (C=O) groups is 3. The van der Waals surface area contributed by atoms with Gasteiger partial charge in [0.2, 0.25) is 5.91 Å². The number of nitrogens with two attached hydrogens (primary N) is 1. The summed E-state index contributed by atoms with van der Waals surface area (Å²) in [5, 5.41) is 3.89. The molecule has 0 aromatic heterocycles. The van der Waals surface area contributed by atoms with Crippen LogP contribution < -0.4 is 15.9 Å². The molecule has 0 saturated heterocycles. The SMILES string of the molecule is COC(=O)CCCCCCC(=O)N/N=C/c1ccc(OCC(N)=O)cc1. The molecular weight excluding hydrogens is 338 g/mol. The predicted molar refractivity (Wildman–Crippen MR) is 96.6 cm³/mol. The Morgan fingerprint density at radius 3 is 2.35 bits per heavy atom. The van der Waals surface area contributed by atoms with Crippen molar-refractivity contribution in [2.45, 2.75) is 38.5 Å². The number of methoxy groups -OCH3 is 1. The van der Waals surface area contributed by atoms with Crippen LogP contribution >= 0.6 is 0 Å². The molecule has 0 heterocycles. The van der Waals surface area contributed by atoms with Crippen LogP contribution in [0.4, 0.5) is 0 Å². The van der Waals surface area contributed by atoms with Gasteiger partial charge in [0.15, 0.2) is 6.61 Å². The third-order valence-corrected chi connectivity index (χ3v) is 3.43. The Balaban J connectivity index is 2.17. The smallest absolute Gasteiger partial charge is 0.305 e. The zero-order valence-electron chi connectivity index (χ0n) is 14.9. The molecule has 0 atom stereocenters. The van der Waals surface area contributed by atoms with Gasteiger partial charge in [0.05, 0.1) is 13.3 Å². The van der Waals surface area contributed by atoms with Crippen molar-refractivity contribution in [3.8, 4) is 5.75 Å². The first-order valence-electron chi connectivity index (χ1n) is 8.41. The molecule has 0 spiro atoms. The monoisotopic (exact) mass is 363 g/mol. The molecule has 0 aliphatic carbocycles. The molecule has 0 fully saturated rings. The standard InChI is InChI=1S/C18H25N3O5/c1-25-18(24)7-5-3-2-4-6-17(23)21-20-12-14-8-10-15(11-9-14)26-13-16(19)22/h8-12H,2-7,13H2,1H3,(H2,19,22)(H,21,23)/b20-12+. The molecule has 2 amide bonds. The quantitative estimate of drug-likeness (QED) is 0.252. The third kappa shape index (κ3) is 10.1. The maximum atomic E-state index is 11.7. The highest BCUT2D eigenvalue weighted by atomic mass is 16.5. The number of amides is 2. The molecule has 0 aliphatic rings. The molecule has 0 saturated carbocycles. The second-order valence-corrected chi connectivity index (χ2v) is 5.61. The van der Waals surface area contributed by atoms with Crippen LogP contribution in [0.2, 0.25) is 0 Å². The van der Waals surface area contributed by atoms with Gasteiger partial charge < -0.3 is 15.2 Å². The van der Waals surface area contributed by atoms with Crippen molar-refractivity contribution >= 4 is 24.0 Å². The first-order valence-corrected chi connectivity index (χ1v) is 8.41. The van der Waals surface area contributed by atoms with E-state index in [1.807, 2.05) is 0 Å². The highest BCUT2D eigenvalue weighted by molar-refractivity contribution is 5.82. The number of hydrogen-bond donors (Lipinski definition) is 2. The van der Waals surface area contributed by atoms with Gasteiger partial charge in [-0.25, -0.2) is 5.43 Å². The average Bonchev–Trinajstić information content (AvgIpc) is 2.63. The Morgan fingerprint density at radius 2 is 1.73 bits per heavy atom. The van der Waals surface area contributed by atoms with E-state index < -0.39 is 5.91 Å². The Hall–Kier alpha value is -2.90. The van der Waals surface area contributed by atoms with Crippen LogP contribution in [0, 0.1) is 0 Å². The summed E-state index contributed by atoms with van der Waals surface area (Å²) in [4.78, 5) is 33.2. The molecule has 1 aromatic carbocycles. The Morgan fingerprint density at radius 1 is 1.08 bits per heavy atom. The zero-order valence-corrected chi connectivity index (χ0v) is 14.9. The number of hydrogen-bond acceptors (Lipinski definition) is 6. The lowest BCUT2D eigenvalue weighted by molar-refractivity contribution is -0.140. The van der Waals surface area contributed by atoms with Crippen molar-refractivity contribution in [1.29, 1.82) is 0 Å². The Kier molecular flexibility index (Phi) is 10.1. The molecule has 0 unspecified atom stereocenters. The molecule has 142 valence electrons. The van der Waals surface area contributed by atoms with Gasteiger partial charge in [-0.15, -0.1) is 0 Å². The molecule has 8 nitrogen and oxygen atoms in total. The van der Waals surface area contributed by atoms with E-state index in [0.29, 0.717) is 18.6 Å². The summed E-state index contributed by atoms with van der Waals surface area (Å²) < 4.78 is 9.70. The maximum absolute atomic E-state index is 11.7. The number of primary amides is 1. The van der Waals surface area contributed by atoms with Crippen molar-refractivity contribution in [1.82, 2.24) is 5.43 Å². The molecule has 0 bridgehead atoms. The third-order valence-electron chi connectivity index (χ3n) is 3.43. The summed E-state index contributed by atoms with van der Waals surface area (Å²) in [5.41, 5.74) is 8.24. The van der Waals surface area contributed by atoms with E-state index in [9.17, 15) is 14.4 Å². The van der Waals surface area contributed by atoms with E-state index in [-0.39, 0.29) is 18.5 Å². The van der Waals surface area contributed by atoms with Crippen LogP contribution in [-0.4, -0.2) is 37.7 Å². The number of esters is 1. The van der Waals surface area contributed by atoms with Gasteiger partial charge >= 0.3 is 5.97 Å². The second kappa shape index (κ2) is 12.5. The molecule has 8 heteroatoms. The molecule has 1 aromatic rings. The average molecular weight is 363 g/mol. The fourth-order valence-electron chi connectivity index (χ4n) is 2.05. The van der Waals surface area contributed by atoms with Gasteiger partial charge in [-0.2, -0.15) is 5.10 Å². The lowest BCUT2D eigenvalue weighted by Gasteiger charge is -2.03. The normalized spacial score (nSPS) is 10.5. The minimum Gasteiger partial charge on any atom is -0.484 e. The lowest BCUT2D eigenvalue weighted by atomic mass is 10.1. The molecule has 26 heavy (non-hydrogen) atoms. The van der Waals surface area contributed by atoms with Crippen LogP contribution in [0.5, 0.6) is 5.75 Å². The summed E-state index contributed by atoms with van der Waals surface area (Å²) in [6.45, 7) is -0.174. The number of nitrogens with zero attached hydrogens (tertiary/aromatic N) is 1. The van der Waals surface area contributed by atoms with Gasteiger partial charge in [-0.05, 0) is 42.7 Å². The first-order chi connectivity index (χ1) is 12.5. The summed E-state index contributed by atoms with van der Waals surface area (Å²) in [5.74, 6) is -0.376. The van der Waals surface area contributed by atoms with Crippen molar-refractivity contribution < 1.29 is 23.9 Å². The number of hydrazone groups is 1. The molecule has 3 N–H and O–H groups in total. The molecule has 1 rings (SSSR count). The molecule has 0 radical (unpaired) electrons. The number of benzene rings is 1. The number of carbonyl (C=O) groups excluding carboxylic acids is 3. The highest BCUT2D eigenvalue weighted by Crippen LogP contribution is 2.10. The van der Waals surface area contributed by atoms with E-state index >= 15 is 0 Å². The zero-order chi connectivity index (χ0) is 19.2. The number of ether oxygens (including phenoxy) is 2. The summed E-state index contributed by atoms with van der Waals surface area (Å²) >= 11 is 0. The van der Waals surface area contributed by atoms with E-state index in [1.54, 1.807) is 24.3 Å². The largest absolute Gasteiger partial charge is 0.484 e. The van der Waals surface area contributed by atoms with Crippen LogP contribution in [0.25, 0.3) is 0 Å². The summed E-state index contributed by atoms with van der Waals surface area (Å²) in [6, 6.07) is 6.85. The van der Waals surface area contributed by atoms with E-state index in [1.165, 1.54) is 13.3 Å². The lowest BCUT2D eigenvalue weighted by Crippen LogP contribution is -2.20. The maximum Gasteiger partial charge on any atom is 0.305 e. The topological polar surface area (TPSA) is 120 Å². The van der Waals surface area contributed by atoms with Crippen molar-refractivity contribution in [2.75, 3.05) is 13.7 Å². The number of nitrogens with one attached hydrogen (secondary N) is 1. The van der Waals surface area contributed by atoms with Gasteiger partial charge in [0.1, 0.15) is 5.75 Å². The fraction of sp³-hybridized carbons (Fsp3) is 0.444. The van der Waals surface area contributed by atoms with Gasteiger partial charge in [0.25, 0.3) is 5.91 Å². The van der Waals surface area contributed by atoms with Crippen molar-refractivity contribution in [3.05, 3.63) is 29.8 Å².